The molecule has 0 N–H and O–H groups in total. The van der Waals surface area contributed by atoms with Crippen molar-refractivity contribution in [1.29, 1.82) is 0 Å². The summed E-state index contributed by atoms with van der Waals surface area (Å²) in [6.45, 7) is 7.83. The Labute approximate surface area is 148 Å². The average Bonchev–Trinajstić information content (AvgIpc) is 2.77. The molecule has 0 aromatic carbocycles. The highest BCUT2D eigenvalue weighted by atomic mass is 16.5. The highest BCUT2D eigenvalue weighted by molar-refractivity contribution is 6.04. The topological polar surface area (TPSA) is 77.8 Å². The molecule has 1 amide bonds. The Morgan fingerprint density at radius 1 is 1.16 bits per heavy atom. The summed E-state index contributed by atoms with van der Waals surface area (Å²) in [5.74, 6) is -0.876. The monoisotopic (exact) mass is 352 g/mol. The molecule has 0 radical (unpaired) electrons. The summed E-state index contributed by atoms with van der Waals surface area (Å²) in [5.41, 5.74) is 2.10. The van der Waals surface area contributed by atoms with Crippen molar-refractivity contribution < 1.29 is 23.9 Å². The van der Waals surface area contributed by atoms with Gasteiger partial charge in [-0.3, -0.25) is 9.59 Å². The van der Waals surface area contributed by atoms with Gasteiger partial charge in [-0.25, -0.2) is 4.79 Å². The number of aromatic nitrogens is 1. The number of ether oxygens (including phenoxy) is 2. The number of carbonyl (C=O) groups is 3. The van der Waals surface area contributed by atoms with Gasteiger partial charge in [0.15, 0.2) is 5.78 Å². The molecule has 0 fully saturated rings. The summed E-state index contributed by atoms with van der Waals surface area (Å²) in [7, 11) is 3.17. The molecule has 0 saturated carbocycles. The van der Waals surface area contributed by atoms with Gasteiger partial charge >= 0.3 is 5.97 Å². The molecule has 0 bridgehead atoms. The summed E-state index contributed by atoms with van der Waals surface area (Å²) in [5, 5.41) is 0. The molecule has 0 aliphatic rings. The van der Waals surface area contributed by atoms with Crippen LogP contribution in [-0.4, -0.2) is 60.5 Å². The van der Waals surface area contributed by atoms with Crippen LogP contribution in [0.1, 0.15) is 52.4 Å². The van der Waals surface area contributed by atoms with Crippen LogP contribution in [0.3, 0.4) is 0 Å². The second-order valence-corrected chi connectivity index (χ2v) is 5.88. The smallest absolute Gasteiger partial charge is 0.355 e. The van der Waals surface area contributed by atoms with E-state index >= 15 is 0 Å². The van der Waals surface area contributed by atoms with E-state index in [1.54, 1.807) is 32.4 Å². The maximum absolute atomic E-state index is 12.8. The Morgan fingerprint density at radius 2 is 1.80 bits per heavy atom. The molecule has 1 aromatic rings. The summed E-state index contributed by atoms with van der Waals surface area (Å²) < 4.78 is 11.6. The lowest BCUT2D eigenvalue weighted by Crippen LogP contribution is -2.38. The minimum absolute atomic E-state index is 0.0377. The van der Waals surface area contributed by atoms with Crippen LogP contribution in [0, 0.1) is 13.8 Å². The van der Waals surface area contributed by atoms with Crippen LogP contribution >= 0.6 is 0 Å². The molecule has 0 spiro atoms. The zero-order chi connectivity index (χ0) is 19.1. The Balaban J connectivity index is 3.14. The first-order valence-electron chi connectivity index (χ1n) is 8.42. The number of rotatable bonds is 9. The number of methoxy groups -OCH3 is 1. The molecule has 7 heteroatoms. The van der Waals surface area contributed by atoms with Gasteiger partial charge in [-0.2, -0.15) is 0 Å². The molecular weight excluding hydrogens is 324 g/mol. The lowest BCUT2D eigenvalue weighted by molar-refractivity contribution is -0.134. The number of esters is 1. The zero-order valence-electron chi connectivity index (χ0n) is 16.0. The largest absolute Gasteiger partial charge is 0.461 e. The van der Waals surface area contributed by atoms with Crippen LogP contribution in [0.15, 0.2) is 0 Å². The fourth-order valence-electron chi connectivity index (χ4n) is 2.91. The lowest BCUT2D eigenvalue weighted by Gasteiger charge is -2.21. The van der Waals surface area contributed by atoms with Crippen molar-refractivity contribution >= 4 is 17.7 Å². The Morgan fingerprint density at radius 3 is 2.32 bits per heavy atom. The SMILES string of the molecule is CCCN(CC(=O)c1c(C)c(C(=O)OCC)n(C)c1C)C(=O)COC. The minimum Gasteiger partial charge on any atom is -0.461 e. The number of nitrogens with zero attached hydrogens (tertiary/aromatic N) is 2. The number of carbonyl (C=O) groups excluding carboxylic acids is 3. The highest BCUT2D eigenvalue weighted by Gasteiger charge is 2.27. The van der Waals surface area contributed by atoms with Crippen LogP contribution < -0.4 is 0 Å². The van der Waals surface area contributed by atoms with Gasteiger partial charge in [0.2, 0.25) is 5.91 Å². The van der Waals surface area contributed by atoms with Crippen LogP contribution in [-0.2, 0) is 21.3 Å². The van der Waals surface area contributed by atoms with Crippen molar-refractivity contribution in [1.82, 2.24) is 9.47 Å². The van der Waals surface area contributed by atoms with Crippen molar-refractivity contribution in [3.8, 4) is 0 Å². The van der Waals surface area contributed by atoms with Crippen molar-refractivity contribution in [2.45, 2.75) is 34.1 Å². The number of hydrogen-bond acceptors (Lipinski definition) is 5. The lowest BCUT2D eigenvalue weighted by atomic mass is 10.1. The van der Waals surface area contributed by atoms with Gasteiger partial charge < -0.3 is 18.9 Å². The van der Waals surface area contributed by atoms with Gasteiger partial charge in [0.25, 0.3) is 0 Å². The van der Waals surface area contributed by atoms with E-state index in [-0.39, 0.29) is 31.4 Å². The first kappa shape index (κ1) is 20.9. The number of Topliss-reactive ketones (excluding diaryl/α,β-unsaturated/α-hetero) is 1. The van der Waals surface area contributed by atoms with E-state index in [2.05, 4.69) is 0 Å². The molecule has 25 heavy (non-hydrogen) atoms. The quantitative estimate of drug-likeness (QED) is 0.501. The Bertz CT molecular complexity index is 648. The summed E-state index contributed by atoms with van der Waals surface area (Å²) >= 11 is 0. The van der Waals surface area contributed by atoms with Gasteiger partial charge in [-0.05, 0) is 32.8 Å². The van der Waals surface area contributed by atoms with Gasteiger partial charge in [0.05, 0.1) is 13.2 Å². The maximum Gasteiger partial charge on any atom is 0.355 e. The molecule has 0 atom stereocenters. The predicted octanol–water partition coefficient (Wildman–Crippen LogP) is 1.89. The second kappa shape index (κ2) is 9.36. The van der Waals surface area contributed by atoms with E-state index in [1.165, 1.54) is 12.0 Å². The van der Waals surface area contributed by atoms with Gasteiger partial charge in [-0.15, -0.1) is 0 Å². The summed E-state index contributed by atoms with van der Waals surface area (Å²) in [6.07, 6.45) is 0.740. The van der Waals surface area contributed by atoms with Crippen molar-refractivity contribution in [2.75, 3.05) is 33.4 Å². The number of amides is 1. The highest BCUT2D eigenvalue weighted by Crippen LogP contribution is 2.23. The van der Waals surface area contributed by atoms with Gasteiger partial charge in [-0.1, -0.05) is 6.92 Å². The molecule has 0 aliphatic carbocycles. The fraction of sp³-hybridized carbons (Fsp3) is 0.611. The van der Waals surface area contributed by atoms with E-state index in [4.69, 9.17) is 9.47 Å². The first-order chi connectivity index (χ1) is 11.8. The van der Waals surface area contributed by atoms with E-state index in [0.717, 1.165) is 6.42 Å². The molecule has 0 aliphatic heterocycles. The van der Waals surface area contributed by atoms with Crippen LogP contribution in [0.4, 0.5) is 0 Å². The molecule has 140 valence electrons. The molecule has 0 saturated heterocycles. The third kappa shape index (κ3) is 4.69. The molecule has 1 heterocycles. The summed E-state index contributed by atoms with van der Waals surface area (Å²) in [4.78, 5) is 38.6. The maximum atomic E-state index is 12.8. The second-order valence-electron chi connectivity index (χ2n) is 5.88. The van der Waals surface area contributed by atoms with Gasteiger partial charge in [0.1, 0.15) is 12.3 Å². The molecular formula is C18H28N2O5. The van der Waals surface area contributed by atoms with Crippen LogP contribution in [0.25, 0.3) is 0 Å². The van der Waals surface area contributed by atoms with E-state index in [0.29, 0.717) is 29.1 Å². The van der Waals surface area contributed by atoms with Crippen molar-refractivity contribution in [2.24, 2.45) is 7.05 Å². The average molecular weight is 352 g/mol. The standard InChI is InChI=1S/C18H28N2O5/c1-7-9-20(15(22)11-24-6)10-14(21)16-12(3)17(18(23)25-8-2)19(5)13(16)4/h7-11H2,1-6H3. The first-order valence-corrected chi connectivity index (χ1v) is 8.42. The van der Waals surface area contributed by atoms with E-state index in [1.807, 2.05) is 6.92 Å². The van der Waals surface area contributed by atoms with Crippen molar-refractivity contribution in [3.05, 3.63) is 22.5 Å². The van der Waals surface area contributed by atoms with Crippen molar-refractivity contribution in [3.63, 3.8) is 0 Å². The number of ketones is 1. The molecule has 0 unspecified atom stereocenters. The van der Waals surface area contributed by atoms with E-state index < -0.39 is 5.97 Å². The predicted molar refractivity (Wildman–Crippen MR) is 93.9 cm³/mol. The Hall–Kier alpha value is -2.15. The normalized spacial score (nSPS) is 10.6. The molecule has 1 rings (SSSR count). The minimum atomic E-state index is -0.453. The third-order valence-electron chi connectivity index (χ3n) is 4.13. The number of hydrogen-bond donors (Lipinski definition) is 0. The third-order valence-corrected chi connectivity index (χ3v) is 4.13. The molecule has 7 nitrogen and oxygen atoms in total. The van der Waals surface area contributed by atoms with E-state index in [9.17, 15) is 14.4 Å². The van der Waals surface area contributed by atoms with Crippen LogP contribution in [0.2, 0.25) is 0 Å². The molecule has 1 aromatic heterocycles. The zero-order valence-corrected chi connectivity index (χ0v) is 16.0. The fourth-order valence-corrected chi connectivity index (χ4v) is 2.91. The summed E-state index contributed by atoms with van der Waals surface area (Å²) in [6, 6.07) is 0. The van der Waals surface area contributed by atoms with Crippen LogP contribution in [0.5, 0.6) is 0 Å². The van der Waals surface area contributed by atoms with Gasteiger partial charge in [0, 0.05) is 32.0 Å². The Kier molecular flexibility index (Phi) is 7.83.